The third-order valence-electron chi connectivity index (χ3n) is 4.69. The van der Waals surface area contributed by atoms with Crippen molar-refractivity contribution >= 4 is 11.3 Å². The van der Waals surface area contributed by atoms with Crippen LogP contribution in [0.4, 0.5) is 0 Å². The van der Waals surface area contributed by atoms with Gasteiger partial charge in [0.1, 0.15) is 0 Å². The van der Waals surface area contributed by atoms with Gasteiger partial charge in [0.2, 0.25) is 0 Å². The molecule has 3 heteroatoms. The first-order valence-electron chi connectivity index (χ1n) is 7.32. The lowest BCUT2D eigenvalue weighted by Crippen LogP contribution is -2.55. The van der Waals surface area contributed by atoms with Crippen LogP contribution in [-0.2, 0) is 6.54 Å². The molecule has 3 rings (SSSR count). The van der Waals surface area contributed by atoms with Crippen LogP contribution in [0.15, 0.2) is 16.8 Å². The van der Waals surface area contributed by atoms with Gasteiger partial charge >= 0.3 is 0 Å². The van der Waals surface area contributed by atoms with Crippen LogP contribution in [0, 0.1) is 0 Å². The minimum absolute atomic E-state index is 0.307. The van der Waals surface area contributed by atoms with E-state index in [9.17, 15) is 0 Å². The molecular formula is C15H24N2S. The van der Waals surface area contributed by atoms with E-state index in [1.54, 1.807) is 0 Å². The Bertz CT molecular complexity index is 364. The molecule has 2 fully saturated rings. The molecule has 0 aromatic carbocycles. The zero-order valence-corrected chi connectivity index (χ0v) is 11.9. The first-order chi connectivity index (χ1) is 8.84. The van der Waals surface area contributed by atoms with E-state index < -0.39 is 0 Å². The maximum absolute atomic E-state index is 6.19. The van der Waals surface area contributed by atoms with E-state index in [1.165, 1.54) is 50.5 Å². The molecule has 0 bridgehead atoms. The summed E-state index contributed by atoms with van der Waals surface area (Å²) in [7, 11) is 0. The Morgan fingerprint density at radius 1 is 1.28 bits per heavy atom. The summed E-state index contributed by atoms with van der Waals surface area (Å²) in [4.78, 5) is 2.76. The van der Waals surface area contributed by atoms with Crippen molar-refractivity contribution in [2.75, 3.05) is 6.54 Å². The Hall–Kier alpha value is -0.380. The topological polar surface area (TPSA) is 29.3 Å². The molecule has 2 aliphatic carbocycles. The third-order valence-corrected chi connectivity index (χ3v) is 5.43. The van der Waals surface area contributed by atoms with Crippen molar-refractivity contribution < 1.29 is 0 Å². The predicted molar refractivity (Wildman–Crippen MR) is 77.8 cm³/mol. The van der Waals surface area contributed by atoms with E-state index in [4.69, 9.17) is 5.73 Å². The molecule has 18 heavy (non-hydrogen) atoms. The van der Waals surface area contributed by atoms with Crippen LogP contribution >= 0.6 is 11.3 Å². The van der Waals surface area contributed by atoms with Crippen LogP contribution in [0.2, 0.25) is 0 Å². The quantitative estimate of drug-likeness (QED) is 0.883. The zero-order valence-electron chi connectivity index (χ0n) is 11.1. The number of nitrogens with zero attached hydrogens (tertiary/aromatic N) is 1. The number of thiophene rings is 1. The van der Waals surface area contributed by atoms with E-state index in [0.29, 0.717) is 5.54 Å². The average Bonchev–Trinajstić information content (AvgIpc) is 3.13. The van der Waals surface area contributed by atoms with Crippen molar-refractivity contribution in [3.05, 3.63) is 22.4 Å². The molecular weight excluding hydrogens is 240 g/mol. The summed E-state index contributed by atoms with van der Waals surface area (Å²) in [6.45, 7) is 1.96. The van der Waals surface area contributed by atoms with Crippen LogP contribution in [0.3, 0.4) is 0 Å². The van der Waals surface area contributed by atoms with E-state index in [2.05, 4.69) is 21.7 Å². The van der Waals surface area contributed by atoms with Crippen molar-refractivity contribution in [3.63, 3.8) is 0 Å². The second-order valence-corrected chi connectivity index (χ2v) is 6.76. The SMILES string of the molecule is NCC1(N(Cc2ccsc2)C2CC2)CCCCC1. The largest absolute Gasteiger partial charge is 0.329 e. The van der Waals surface area contributed by atoms with Crippen LogP contribution in [0.1, 0.15) is 50.5 Å². The normalized spacial score (nSPS) is 23.4. The van der Waals surface area contributed by atoms with Gasteiger partial charge in [-0.2, -0.15) is 11.3 Å². The monoisotopic (exact) mass is 264 g/mol. The third kappa shape index (κ3) is 2.49. The number of hydrogen-bond acceptors (Lipinski definition) is 3. The maximum Gasteiger partial charge on any atom is 0.0338 e. The van der Waals surface area contributed by atoms with Crippen molar-refractivity contribution in [1.29, 1.82) is 0 Å². The Balaban J connectivity index is 1.78. The molecule has 1 heterocycles. The molecule has 1 aromatic rings. The molecule has 0 aliphatic heterocycles. The summed E-state index contributed by atoms with van der Waals surface area (Å²) in [6.07, 6.45) is 9.51. The number of nitrogens with two attached hydrogens (primary N) is 1. The molecule has 0 atom stereocenters. The van der Waals surface area contributed by atoms with Crippen molar-refractivity contribution in [1.82, 2.24) is 4.90 Å². The molecule has 0 saturated heterocycles. The van der Waals surface area contributed by atoms with Gasteiger partial charge in [0, 0.05) is 24.7 Å². The molecule has 2 nitrogen and oxygen atoms in total. The predicted octanol–water partition coefficient (Wildman–Crippen LogP) is 3.37. The van der Waals surface area contributed by atoms with Gasteiger partial charge in [0.25, 0.3) is 0 Å². The smallest absolute Gasteiger partial charge is 0.0338 e. The molecule has 2 saturated carbocycles. The lowest BCUT2D eigenvalue weighted by Gasteiger charge is -2.46. The first kappa shape index (κ1) is 12.6. The summed E-state index contributed by atoms with van der Waals surface area (Å²) < 4.78 is 0. The van der Waals surface area contributed by atoms with E-state index in [1.807, 2.05) is 11.3 Å². The summed E-state index contributed by atoms with van der Waals surface area (Å²) in [5.41, 5.74) is 7.98. The average molecular weight is 264 g/mol. The Labute approximate surface area is 114 Å². The van der Waals surface area contributed by atoms with E-state index >= 15 is 0 Å². The highest BCUT2D eigenvalue weighted by Gasteiger charge is 2.43. The number of hydrogen-bond donors (Lipinski definition) is 1. The van der Waals surface area contributed by atoms with Gasteiger partial charge in [-0.3, -0.25) is 4.90 Å². The van der Waals surface area contributed by atoms with Crippen LogP contribution in [0.25, 0.3) is 0 Å². The molecule has 2 aliphatic rings. The fraction of sp³-hybridized carbons (Fsp3) is 0.733. The highest BCUT2D eigenvalue weighted by Crippen LogP contribution is 2.41. The Morgan fingerprint density at radius 3 is 2.61 bits per heavy atom. The minimum Gasteiger partial charge on any atom is -0.329 e. The Morgan fingerprint density at radius 2 is 2.06 bits per heavy atom. The second-order valence-electron chi connectivity index (χ2n) is 5.98. The van der Waals surface area contributed by atoms with Crippen molar-refractivity contribution in [3.8, 4) is 0 Å². The first-order valence-corrected chi connectivity index (χ1v) is 8.26. The van der Waals surface area contributed by atoms with Gasteiger partial charge in [-0.25, -0.2) is 0 Å². The fourth-order valence-electron chi connectivity index (χ4n) is 3.47. The van der Waals surface area contributed by atoms with Gasteiger partial charge in [0.15, 0.2) is 0 Å². The molecule has 1 aromatic heterocycles. The summed E-state index contributed by atoms with van der Waals surface area (Å²) in [6, 6.07) is 3.08. The highest BCUT2D eigenvalue weighted by molar-refractivity contribution is 7.07. The van der Waals surface area contributed by atoms with Crippen LogP contribution in [-0.4, -0.2) is 23.0 Å². The molecule has 2 N–H and O–H groups in total. The van der Waals surface area contributed by atoms with Gasteiger partial charge < -0.3 is 5.73 Å². The van der Waals surface area contributed by atoms with E-state index in [-0.39, 0.29) is 0 Å². The zero-order chi connectivity index (χ0) is 12.4. The van der Waals surface area contributed by atoms with Gasteiger partial charge in [-0.05, 0) is 48.1 Å². The van der Waals surface area contributed by atoms with Crippen molar-refractivity contribution in [2.24, 2.45) is 5.73 Å². The molecule has 0 amide bonds. The fourth-order valence-corrected chi connectivity index (χ4v) is 4.13. The standard InChI is InChI=1S/C15H24N2S/c16-12-15(7-2-1-3-8-15)17(14-4-5-14)10-13-6-9-18-11-13/h6,9,11,14H,1-5,7-8,10,12,16H2. The number of rotatable bonds is 5. The van der Waals surface area contributed by atoms with Gasteiger partial charge in [-0.1, -0.05) is 19.3 Å². The highest BCUT2D eigenvalue weighted by atomic mass is 32.1. The van der Waals surface area contributed by atoms with Gasteiger partial charge in [-0.15, -0.1) is 0 Å². The van der Waals surface area contributed by atoms with Crippen LogP contribution < -0.4 is 5.73 Å². The minimum atomic E-state index is 0.307. The van der Waals surface area contributed by atoms with E-state index in [0.717, 1.165) is 19.1 Å². The summed E-state index contributed by atoms with van der Waals surface area (Å²) in [5, 5.41) is 4.48. The van der Waals surface area contributed by atoms with Crippen molar-refractivity contribution in [2.45, 2.75) is 63.1 Å². The maximum atomic E-state index is 6.19. The molecule has 100 valence electrons. The molecule has 0 unspecified atom stereocenters. The lowest BCUT2D eigenvalue weighted by molar-refractivity contribution is 0.0417. The van der Waals surface area contributed by atoms with Crippen LogP contribution in [0.5, 0.6) is 0 Å². The van der Waals surface area contributed by atoms with Gasteiger partial charge in [0.05, 0.1) is 0 Å². The Kier molecular flexibility index (Phi) is 3.73. The molecule has 0 radical (unpaired) electrons. The summed E-state index contributed by atoms with van der Waals surface area (Å²) >= 11 is 1.81. The summed E-state index contributed by atoms with van der Waals surface area (Å²) in [5.74, 6) is 0. The lowest BCUT2D eigenvalue weighted by atomic mass is 9.80. The molecule has 0 spiro atoms. The second kappa shape index (κ2) is 5.32.